The van der Waals surface area contributed by atoms with Gasteiger partial charge in [-0.3, -0.25) is 9.59 Å². The molecule has 8 nitrogen and oxygen atoms in total. The highest BCUT2D eigenvalue weighted by Gasteiger charge is 2.25. The van der Waals surface area contributed by atoms with Gasteiger partial charge in [0, 0.05) is 54.9 Å². The molecule has 1 aromatic carbocycles. The number of nitrogens with one attached hydrogen (secondary N) is 1. The summed E-state index contributed by atoms with van der Waals surface area (Å²) in [6.45, 7) is 10.9. The van der Waals surface area contributed by atoms with E-state index in [2.05, 4.69) is 60.0 Å². The number of Topliss-reactive ketones (excluding diaryl/α,β-unsaturated/α-hetero) is 1. The van der Waals surface area contributed by atoms with Crippen LogP contribution in [0.15, 0.2) is 35.7 Å². The Balaban J connectivity index is 1.42. The molecule has 2 aromatic heterocycles. The average Bonchev–Trinajstić information content (AvgIpc) is 3.59. The largest absolute Gasteiger partial charge is 0.356 e. The minimum absolute atomic E-state index is 0.0379. The van der Waals surface area contributed by atoms with E-state index < -0.39 is 15.8 Å². The number of fused-ring (bicyclic) bond motifs is 1. The van der Waals surface area contributed by atoms with Crippen molar-refractivity contribution in [3.63, 3.8) is 0 Å². The third-order valence-corrected chi connectivity index (χ3v) is 10.7. The van der Waals surface area contributed by atoms with Crippen molar-refractivity contribution in [1.29, 1.82) is 0 Å². The molecule has 0 spiro atoms. The molecule has 0 aliphatic carbocycles. The van der Waals surface area contributed by atoms with Gasteiger partial charge in [0.15, 0.2) is 15.6 Å². The average molecular weight is 615 g/mol. The Hall–Kier alpha value is -2.56. The SMILES string of the molecule is CCC(CC)n1c(Cc2cccs2)nc2cc(C(=O)C[C@@H](CC(C)C)C(=O)NCCCN3CCS(=O)(=O)CC3)ccc21. The van der Waals surface area contributed by atoms with E-state index in [4.69, 9.17) is 4.98 Å². The summed E-state index contributed by atoms with van der Waals surface area (Å²) in [5.41, 5.74) is 2.48. The molecule has 3 heterocycles. The van der Waals surface area contributed by atoms with Crippen molar-refractivity contribution in [3.05, 3.63) is 52.0 Å². The van der Waals surface area contributed by atoms with Gasteiger partial charge in [-0.2, -0.15) is 0 Å². The van der Waals surface area contributed by atoms with E-state index in [9.17, 15) is 18.0 Å². The van der Waals surface area contributed by atoms with Crippen LogP contribution in [0, 0.1) is 11.8 Å². The van der Waals surface area contributed by atoms with Crippen molar-refractivity contribution in [2.45, 2.75) is 72.3 Å². The second-order valence-corrected chi connectivity index (χ2v) is 15.3. The monoisotopic (exact) mass is 614 g/mol. The molecule has 1 atom stereocenters. The number of carbonyl (C=O) groups excluding carboxylic acids is 2. The van der Waals surface area contributed by atoms with Crippen LogP contribution in [0.4, 0.5) is 0 Å². The molecule has 4 rings (SSSR count). The molecular formula is C32H46N4O4S2. The molecule has 0 bridgehead atoms. The Morgan fingerprint density at radius 2 is 1.83 bits per heavy atom. The normalized spacial score (nSPS) is 16.3. The number of amides is 1. The highest BCUT2D eigenvalue weighted by atomic mass is 32.2. The molecule has 1 amide bonds. The van der Waals surface area contributed by atoms with Crippen LogP contribution in [0.5, 0.6) is 0 Å². The van der Waals surface area contributed by atoms with E-state index in [0.717, 1.165) is 49.1 Å². The van der Waals surface area contributed by atoms with Crippen molar-refractivity contribution in [1.82, 2.24) is 19.8 Å². The van der Waals surface area contributed by atoms with E-state index >= 15 is 0 Å². The minimum atomic E-state index is -2.90. The summed E-state index contributed by atoms with van der Waals surface area (Å²) in [5.74, 6) is 1.19. The van der Waals surface area contributed by atoms with Crippen LogP contribution in [-0.2, 0) is 21.1 Å². The van der Waals surface area contributed by atoms with Crippen LogP contribution in [0.2, 0.25) is 0 Å². The van der Waals surface area contributed by atoms with Crippen molar-refractivity contribution in [2.75, 3.05) is 37.7 Å². The van der Waals surface area contributed by atoms with Gasteiger partial charge in [-0.15, -0.1) is 11.3 Å². The molecule has 3 aromatic rings. The first kappa shape index (κ1) is 32.4. The number of aromatic nitrogens is 2. The Kier molecular flexibility index (Phi) is 11.4. The number of thiophene rings is 1. The van der Waals surface area contributed by atoms with Gasteiger partial charge < -0.3 is 14.8 Å². The molecule has 1 N–H and O–H groups in total. The number of sulfone groups is 1. The lowest BCUT2D eigenvalue weighted by Gasteiger charge is -2.26. The Morgan fingerprint density at radius 1 is 1.10 bits per heavy atom. The second-order valence-electron chi connectivity index (χ2n) is 11.9. The number of hydrogen-bond acceptors (Lipinski definition) is 7. The van der Waals surface area contributed by atoms with Gasteiger partial charge in [0.2, 0.25) is 5.91 Å². The lowest BCUT2D eigenvalue weighted by molar-refractivity contribution is -0.125. The molecule has 10 heteroatoms. The van der Waals surface area contributed by atoms with Crippen molar-refractivity contribution in [2.24, 2.45) is 11.8 Å². The van der Waals surface area contributed by atoms with Crippen molar-refractivity contribution < 1.29 is 18.0 Å². The maximum absolute atomic E-state index is 13.5. The van der Waals surface area contributed by atoms with Crippen molar-refractivity contribution in [3.8, 4) is 0 Å². The van der Waals surface area contributed by atoms with Crippen molar-refractivity contribution >= 4 is 43.9 Å². The number of hydrogen-bond donors (Lipinski definition) is 1. The molecular weight excluding hydrogens is 569 g/mol. The van der Waals surface area contributed by atoms with Gasteiger partial charge in [-0.1, -0.05) is 33.8 Å². The number of rotatable bonds is 15. The number of carbonyl (C=O) groups is 2. The van der Waals surface area contributed by atoms with Gasteiger partial charge in [-0.25, -0.2) is 13.4 Å². The standard InChI is InChI=1S/C32H46N4O4S2/c1-5-26(6-2)36-29-11-10-24(20-28(29)34-31(36)22-27-9-7-16-41-27)30(37)21-25(19-23(3)4)32(38)33-12-8-13-35-14-17-42(39,40)18-15-35/h7,9-11,16,20,23,25-26H,5-6,8,12-15,17-19,21-22H2,1-4H3,(H,33,38)/t25-/m1/s1. The first-order valence-electron chi connectivity index (χ1n) is 15.4. The molecule has 1 fully saturated rings. The summed E-state index contributed by atoms with van der Waals surface area (Å²) in [5, 5.41) is 5.12. The summed E-state index contributed by atoms with van der Waals surface area (Å²) >= 11 is 1.73. The molecule has 1 saturated heterocycles. The number of benzene rings is 1. The van der Waals surface area contributed by atoms with Gasteiger partial charge in [0.1, 0.15) is 5.82 Å². The summed E-state index contributed by atoms with van der Waals surface area (Å²) in [6, 6.07) is 10.4. The van der Waals surface area contributed by atoms with E-state index in [1.165, 1.54) is 4.88 Å². The fraction of sp³-hybridized carbons (Fsp3) is 0.594. The lowest BCUT2D eigenvalue weighted by atomic mass is 9.89. The van der Waals surface area contributed by atoms with Gasteiger partial charge in [0.25, 0.3) is 0 Å². The molecule has 1 aliphatic heterocycles. The fourth-order valence-electron chi connectivity index (χ4n) is 5.90. The zero-order chi connectivity index (χ0) is 30.3. The van der Waals surface area contributed by atoms with E-state index in [1.807, 2.05) is 18.2 Å². The van der Waals surface area contributed by atoms with Crippen LogP contribution in [0.3, 0.4) is 0 Å². The Bertz CT molecular complexity index is 1430. The first-order valence-corrected chi connectivity index (χ1v) is 18.1. The highest BCUT2D eigenvalue weighted by Crippen LogP contribution is 2.29. The van der Waals surface area contributed by atoms with Crippen LogP contribution in [0.1, 0.15) is 86.9 Å². The predicted octanol–water partition coefficient (Wildman–Crippen LogP) is 5.52. The lowest BCUT2D eigenvalue weighted by Crippen LogP contribution is -2.41. The Morgan fingerprint density at radius 3 is 2.48 bits per heavy atom. The van der Waals surface area contributed by atoms with Crippen LogP contribution < -0.4 is 5.32 Å². The maximum Gasteiger partial charge on any atom is 0.223 e. The highest BCUT2D eigenvalue weighted by molar-refractivity contribution is 7.91. The van der Waals surface area contributed by atoms with E-state index in [1.54, 1.807) is 11.3 Å². The smallest absolute Gasteiger partial charge is 0.223 e. The van der Waals surface area contributed by atoms with Gasteiger partial charge in [0.05, 0.1) is 22.5 Å². The van der Waals surface area contributed by atoms with Gasteiger partial charge >= 0.3 is 0 Å². The molecule has 230 valence electrons. The van der Waals surface area contributed by atoms with Crippen LogP contribution >= 0.6 is 11.3 Å². The van der Waals surface area contributed by atoms with E-state index in [-0.39, 0.29) is 35.5 Å². The Labute approximate surface area is 254 Å². The quantitative estimate of drug-likeness (QED) is 0.179. The molecule has 0 unspecified atom stereocenters. The van der Waals surface area contributed by atoms with Crippen LogP contribution in [0.25, 0.3) is 11.0 Å². The molecule has 1 aliphatic rings. The predicted molar refractivity (Wildman–Crippen MR) is 171 cm³/mol. The second kappa shape index (κ2) is 14.8. The zero-order valence-electron chi connectivity index (χ0n) is 25.5. The maximum atomic E-state index is 13.5. The zero-order valence-corrected chi connectivity index (χ0v) is 27.1. The minimum Gasteiger partial charge on any atom is -0.356 e. The summed E-state index contributed by atoms with van der Waals surface area (Å²) in [4.78, 5) is 35.1. The van der Waals surface area contributed by atoms with Crippen LogP contribution in [-0.4, -0.2) is 72.2 Å². The number of nitrogens with zero attached hydrogens (tertiary/aromatic N) is 3. The van der Waals surface area contributed by atoms with Gasteiger partial charge in [-0.05, 0) is 67.8 Å². The summed E-state index contributed by atoms with van der Waals surface area (Å²) in [6.07, 6.45) is 4.32. The number of imidazole rings is 1. The fourth-order valence-corrected chi connectivity index (χ4v) is 7.88. The molecule has 0 radical (unpaired) electrons. The first-order chi connectivity index (χ1) is 20.1. The topological polar surface area (TPSA) is 101 Å². The third kappa shape index (κ3) is 8.51. The summed E-state index contributed by atoms with van der Waals surface area (Å²) < 4.78 is 25.6. The van der Waals surface area contributed by atoms with E-state index in [0.29, 0.717) is 37.7 Å². The third-order valence-electron chi connectivity index (χ3n) is 8.25. The summed E-state index contributed by atoms with van der Waals surface area (Å²) in [7, 11) is -2.90. The number of ketones is 1. The molecule has 0 saturated carbocycles. The molecule has 42 heavy (non-hydrogen) atoms.